The van der Waals surface area contributed by atoms with Gasteiger partial charge in [-0.3, -0.25) is 4.79 Å². The molecule has 8 heteroatoms. The van der Waals surface area contributed by atoms with Crippen molar-refractivity contribution in [3.05, 3.63) is 54.2 Å². The molecule has 0 atom stereocenters. The Morgan fingerprint density at radius 1 is 1.04 bits per heavy atom. The van der Waals surface area contributed by atoms with Crippen LogP contribution < -0.4 is 10.2 Å². The van der Waals surface area contributed by atoms with Crippen LogP contribution in [0.4, 0.5) is 24.7 Å². The molecule has 0 radical (unpaired) electrons. The van der Waals surface area contributed by atoms with Gasteiger partial charge in [0, 0.05) is 38.1 Å². The van der Waals surface area contributed by atoms with Crippen molar-refractivity contribution in [2.24, 2.45) is 0 Å². The number of anilines is 2. The first kappa shape index (κ1) is 18.0. The molecule has 0 aliphatic carbocycles. The van der Waals surface area contributed by atoms with Gasteiger partial charge in [-0.25, -0.2) is 4.98 Å². The lowest BCUT2D eigenvalue weighted by molar-refractivity contribution is -0.137. The SMILES string of the molecule is O=C(CNc1ccc(C(F)(F)F)cn1)N1CCN(c2ccccc2)CC1. The van der Waals surface area contributed by atoms with Gasteiger partial charge in [0.2, 0.25) is 5.91 Å². The van der Waals surface area contributed by atoms with Crippen LogP contribution in [0.25, 0.3) is 0 Å². The zero-order valence-corrected chi connectivity index (χ0v) is 14.0. The number of hydrogen-bond acceptors (Lipinski definition) is 4. The first-order valence-corrected chi connectivity index (χ1v) is 8.28. The number of nitrogens with zero attached hydrogens (tertiary/aromatic N) is 3. The molecule has 1 saturated heterocycles. The zero-order chi connectivity index (χ0) is 18.6. The summed E-state index contributed by atoms with van der Waals surface area (Å²) in [5, 5.41) is 2.78. The largest absolute Gasteiger partial charge is 0.417 e. The summed E-state index contributed by atoms with van der Waals surface area (Å²) < 4.78 is 37.5. The average molecular weight is 364 g/mol. The Hall–Kier alpha value is -2.77. The van der Waals surface area contributed by atoms with E-state index < -0.39 is 11.7 Å². The smallest absolute Gasteiger partial charge is 0.368 e. The van der Waals surface area contributed by atoms with Gasteiger partial charge in [0.05, 0.1) is 12.1 Å². The highest BCUT2D eigenvalue weighted by Crippen LogP contribution is 2.28. The number of pyridine rings is 1. The zero-order valence-electron chi connectivity index (χ0n) is 14.0. The Bertz CT molecular complexity index is 726. The molecule has 26 heavy (non-hydrogen) atoms. The normalized spacial score (nSPS) is 15.0. The second-order valence-corrected chi connectivity index (χ2v) is 5.99. The second kappa shape index (κ2) is 7.63. The summed E-state index contributed by atoms with van der Waals surface area (Å²) in [6.07, 6.45) is -3.66. The molecule has 1 aliphatic heterocycles. The molecule has 2 heterocycles. The maximum atomic E-state index is 12.5. The number of benzene rings is 1. The van der Waals surface area contributed by atoms with Gasteiger partial charge in [-0.15, -0.1) is 0 Å². The van der Waals surface area contributed by atoms with E-state index in [-0.39, 0.29) is 18.3 Å². The number of halogens is 3. The molecule has 1 aromatic heterocycles. The van der Waals surface area contributed by atoms with E-state index in [1.807, 2.05) is 30.3 Å². The number of nitrogens with one attached hydrogen (secondary N) is 1. The molecule has 3 rings (SSSR count). The van der Waals surface area contributed by atoms with Gasteiger partial charge in [0.15, 0.2) is 0 Å². The number of rotatable bonds is 4. The van der Waals surface area contributed by atoms with Gasteiger partial charge in [0.1, 0.15) is 5.82 Å². The van der Waals surface area contributed by atoms with Crippen LogP contribution in [0.15, 0.2) is 48.7 Å². The molecule has 1 aromatic carbocycles. The average Bonchev–Trinajstić information content (AvgIpc) is 2.66. The first-order chi connectivity index (χ1) is 12.4. The lowest BCUT2D eigenvalue weighted by Crippen LogP contribution is -2.50. The fourth-order valence-corrected chi connectivity index (χ4v) is 2.80. The van der Waals surface area contributed by atoms with Gasteiger partial charge in [-0.1, -0.05) is 18.2 Å². The third kappa shape index (κ3) is 4.44. The van der Waals surface area contributed by atoms with Crippen LogP contribution in [0, 0.1) is 0 Å². The van der Waals surface area contributed by atoms with Crippen LogP contribution in [-0.2, 0) is 11.0 Å². The van der Waals surface area contributed by atoms with Gasteiger partial charge in [-0.2, -0.15) is 13.2 Å². The summed E-state index contributed by atoms with van der Waals surface area (Å²) >= 11 is 0. The van der Waals surface area contributed by atoms with Crippen molar-refractivity contribution in [2.75, 3.05) is 42.9 Å². The van der Waals surface area contributed by atoms with Crippen LogP contribution in [0.2, 0.25) is 0 Å². The predicted octanol–water partition coefficient (Wildman–Crippen LogP) is 2.86. The Balaban J connectivity index is 1.47. The number of para-hydroxylation sites is 1. The van der Waals surface area contributed by atoms with Crippen LogP contribution in [-0.4, -0.2) is 48.5 Å². The summed E-state index contributed by atoms with van der Waals surface area (Å²) in [6, 6.07) is 12.2. The van der Waals surface area contributed by atoms with Crippen molar-refractivity contribution in [2.45, 2.75) is 6.18 Å². The van der Waals surface area contributed by atoms with Crippen molar-refractivity contribution in [1.29, 1.82) is 0 Å². The lowest BCUT2D eigenvalue weighted by Gasteiger charge is -2.36. The van der Waals surface area contributed by atoms with Gasteiger partial charge in [-0.05, 0) is 24.3 Å². The van der Waals surface area contributed by atoms with Crippen molar-refractivity contribution in [3.63, 3.8) is 0 Å². The number of carbonyl (C=O) groups excluding carboxylic acids is 1. The molecule has 2 aromatic rings. The summed E-state index contributed by atoms with van der Waals surface area (Å²) in [5.41, 5.74) is 0.318. The molecular formula is C18H19F3N4O. The third-order valence-electron chi connectivity index (χ3n) is 4.27. The summed E-state index contributed by atoms with van der Waals surface area (Å²) in [6.45, 7) is 2.71. The van der Waals surface area contributed by atoms with Crippen LogP contribution in [0.5, 0.6) is 0 Å². The monoisotopic (exact) mass is 364 g/mol. The highest BCUT2D eigenvalue weighted by Gasteiger charge is 2.30. The third-order valence-corrected chi connectivity index (χ3v) is 4.27. The number of aromatic nitrogens is 1. The van der Waals surface area contributed by atoms with E-state index in [1.54, 1.807) is 4.90 Å². The van der Waals surface area contributed by atoms with E-state index in [4.69, 9.17) is 0 Å². The number of hydrogen-bond donors (Lipinski definition) is 1. The number of amides is 1. The van der Waals surface area contributed by atoms with Crippen LogP contribution in [0.1, 0.15) is 5.56 Å². The highest BCUT2D eigenvalue weighted by atomic mass is 19.4. The van der Waals surface area contributed by atoms with Crippen molar-refractivity contribution < 1.29 is 18.0 Å². The Kier molecular flexibility index (Phi) is 5.29. The molecule has 1 fully saturated rings. The van der Waals surface area contributed by atoms with E-state index in [0.29, 0.717) is 13.1 Å². The molecule has 1 aliphatic rings. The molecule has 0 saturated carbocycles. The number of carbonyl (C=O) groups is 1. The Morgan fingerprint density at radius 2 is 1.73 bits per heavy atom. The van der Waals surface area contributed by atoms with Crippen LogP contribution in [0.3, 0.4) is 0 Å². The minimum absolute atomic E-state index is 0.00367. The fraction of sp³-hybridized carbons (Fsp3) is 0.333. The van der Waals surface area contributed by atoms with E-state index in [9.17, 15) is 18.0 Å². The molecule has 1 amide bonds. The topological polar surface area (TPSA) is 48.5 Å². The van der Waals surface area contributed by atoms with E-state index in [0.717, 1.165) is 31.0 Å². The van der Waals surface area contributed by atoms with Crippen molar-refractivity contribution >= 4 is 17.4 Å². The van der Waals surface area contributed by atoms with Gasteiger partial charge >= 0.3 is 6.18 Å². The molecule has 0 spiro atoms. The van der Waals surface area contributed by atoms with E-state index in [2.05, 4.69) is 15.2 Å². The number of alkyl halides is 3. The molecular weight excluding hydrogens is 345 g/mol. The maximum Gasteiger partial charge on any atom is 0.417 e. The Labute approximate surface area is 149 Å². The van der Waals surface area contributed by atoms with E-state index >= 15 is 0 Å². The van der Waals surface area contributed by atoms with Crippen molar-refractivity contribution in [3.8, 4) is 0 Å². The maximum absolute atomic E-state index is 12.5. The summed E-state index contributed by atoms with van der Waals surface area (Å²) in [4.78, 5) is 19.9. The molecule has 5 nitrogen and oxygen atoms in total. The predicted molar refractivity (Wildman–Crippen MR) is 93.0 cm³/mol. The highest BCUT2D eigenvalue weighted by molar-refractivity contribution is 5.80. The molecule has 0 unspecified atom stereocenters. The standard InChI is InChI=1S/C18H19F3N4O/c19-18(20,21)14-6-7-16(22-12-14)23-13-17(26)25-10-8-24(9-11-25)15-4-2-1-3-5-15/h1-7,12H,8-11,13H2,(H,22,23). The fourth-order valence-electron chi connectivity index (χ4n) is 2.80. The lowest BCUT2D eigenvalue weighted by atomic mass is 10.2. The van der Waals surface area contributed by atoms with Crippen molar-refractivity contribution in [1.82, 2.24) is 9.88 Å². The summed E-state index contributed by atoms with van der Waals surface area (Å²) in [5.74, 6) is 0.147. The minimum Gasteiger partial charge on any atom is -0.368 e. The minimum atomic E-state index is -4.42. The molecule has 1 N–H and O–H groups in total. The van der Waals surface area contributed by atoms with Gasteiger partial charge in [0.25, 0.3) is 0 Å². The first-order valence-electron chi connectivity index (χ1n) is 8.28. The quantitative estimate of drug-likeness (QED) is 0.906. The molecule has 0 bridgehead atoms. The van der Waals surface area contributed by atoms with Crippen LogP contribution >= 0.6 is 0 Å². The van der Waals surface area contributed by atoms with Gasteiger partial charge < -0.3 is 15.1 Å². The van der Waals surface area contributed by atoms with E-state index in [1.165, 1.54) is 6.07 Å². The summed E-state index contributed by atoms with van der Waals surface area (Å²) in [7, 11) is 0. The molecule has 138 valence electrons. The Morgan fingerprint density at radius 3 is 2.31 bits per heavy atom. The number of piperazine rings is 1. The second-order valence-electron chi connectivity index (χ2n) is 5.99.